The third kappa shape index (κ3) is 4.96. The van der Waals surface area contributed by atoms with Crippen LogP contribution < -0.4 is 15.2 Å². The van der Waals surface area contributed by atoms with E-state index in [4.69, 9.17) is 38.5 Å². The van der Waals surface area contributed by atoms with Crippen molar-refractivity contribution in [2.24, 2.45) is 10.9 Å². The summed E-state index contributed by atoms with van der Waals surface area (Å²) in [6.07, 6.45) is 0. The Morgan fingerprint density at radius 2 is 1.88 bits per heavy atom. The highest BCUT2D eigenvalue weighted by atomic mass is 35.5. The fourth-order valence-corrected chi connectivity index (χ4v) is 2.38. The van der Waals surface area contributed by atoms with Crippen LogP contribution in [0.5, 0.6) is 11.5 Å². The number of oxime groups is 1. The lowest BCUT2D eigenvalue weighted by Gasteiger charge is -2.10. The molecular weight excluding hydrogens is 393 g/mol. The third-order valence-corrected chi connectivity index (χ3v) is 3.60. The number of halogens is 4. The van der Waals surface area contributed by atoms with Gasteiger partial charge < -0.3 is 20.0 Å². The van der Waals surface area contributed by atoms with Crippen LogP contribution in [-0.2, 0) is 4.84 Å². The molecule has 0 aliphatic carbocycles. The number of methoxy groups -OCH3 is 1. The summed E-state index contributed by atoms with van der Waals surface area (Å²) in [7, 11) is 1.24. The maximum atomic E-state index is 12.3. The number of hydrogen-bond acceptors (Lipinski definition) is 5. The minimum atomic E-state index is -3.03. The normalized spacial score (nSPS) is 11.4. The van der Waals surface area contributed by atoms with Gasteiger partial charge >= 0.3 is 12.6 Å². The van der Waals surface area contributed by atoms with E-state index in [2.05, 4.69) is 9.89 Å². The number of amidine groups is 1. The Bertz CT molecular complexity index is 847. The predicted octanol–water partition coefficient (Wildman–Crippen LogP) is 4.08. The molecule has 0 aliphatic heterocycles. The standard InChI is InChI=1S/C16H12Cl2F2N2O4/c1-24-13-6-8(2-5-12(13)25-16(19)20)15(23)26-22-14(21)10-4-3-9(17)7-11(10)18/h2-7,16H,1H3,(H2,21,22). The zero-order valence-electron chi connectivity index (χ0n) is 13.2. The van der Waals surface area contributed by atoms with Crippen molar-refractivity contribution in [3.63, 3.8) is 0 Å². The van der Waals surface area contributed by atoms with E-state index in [0.717, 1.165) is 6.07 Å². The smallest absolute Gasteiger partial charge is 0.387 e. The number of carbonyl (C=O) groups is 1. The first-order valence-corrected chi connectivity index (χ1v) is 7.70. The zero-order valence-corrected chi connectivity index (χ0v) is 14.7. The van der Waals surface area contributed by atoms with Crippen LogP contribution in [0.1, 0.15) is 15.9 Å². The van der Waals surface area contributed by atoms with E-state index in [0.29, 0.717) is 10.6 Å². The number of rotatable bonds is 6. The molecule has 0 heterocycles. The van der Waals surface area contributed by atoms with Gasteiger partial charge in [0.15, 0.2) is 17.3 Å². The Balaban J connectivity index is 2.16. The largest absolute Gasteiger partial charge is 0.493 e. The summed E-state index contributed by atoms with van der Waals surface area (Å²) in [5.74, 6) is -1.34. The van der Waals surface area contributed by atoms with Gasteiger partial charge in [0, 0.05) is 10.6 Å². The number of ether oxygens (including phenoxy) is 2. The average Bonchev–Trinajstić information content (AvgIpc) is 2.59. The number of nitrogens with zero attached hydrogens (tertiary/aromatic N) is 1. The van der Waals surface area contributed by atoms with Gasteiger partial charge in [-0.2, -0.15) is 8.78 Å². The Labute approximate surface area is 157 Å². The van der Waals surface area contributed by atoms with Crippen molar-refractivity contribution in [3.05, 3.63) is 57.6 Å². The van der Waals surface area contributed by atoms with Crippen molar-refractivity contribution in [1.29, 1.82) is 0 Å². The summed E-state index contributed by atoms with van der Waals surface area (Å²) >= 11 is 11.8. The van der Waals surface area contributed by atoms with Gasteiger partial charge in [0.1, 0.15) is 0 Å². The summed E-state index contributed by atoms with van der Waals surface area (Å²) < 4.78 is 33.8. The Hall–Kier alpha value is -2.58. The molecule has 0 spiro atoms. The molecule has 0 atom stereocenters. The quantitative estimate of drug-likeness (QED) is 0.339. The van der Waals surface area contributed by atoms with Crippen molar-refractivity contribution in [2.75, 3.05) is 7.11 Å². The molecule has 0 aliphatic rings. The van der Waals surface area contributed by atoms with E-state index >= 15 is 0 Å². The molecule has 0 bridgehead atoms. The number of alkyl halides is 2. The second kappa shape index (κ2) is 8.68. The van der Waals surface area contributed by atoms with Crippen LogP contribution in [0.4, 0.5) is 8.78 Å². The summed E-state index contributed by atoms with van der Waals surface area (Å²) in [5, 5.41) is 4.14. The number of carbonyl (C=O) groups excluding carboxylic acids is 1. The average molecular weight is 405 g/mol. The molecule has 0 fully saturated rings. The Morgan fingerprint density at radius 3 is 2.50 bits per heavy atom. The number of hydrogen-bond donors (Lipinski definition) is 1. The maximum absolute atomic E-state index is 12.3. The molecule has 6 nitrogen and oxygen atoms in total. The van der Waals surface area contributed by atoms with Crippen molar-refractivity contribution >= 4 is 35.0 Å². The van der Waals surface area contributed by atoms with Crippen LogP contribution >= 0.6 is 23.2 Å². The van der Waals surface area contributed by atoms with Crippen molar-refractivity contribution < 1.29 is 27.9 Å². The van der Waals surface area contributed by atoms with Gasteiger partial charge in [0.2, 0.25) is 0 Å². The van der Waals surface area contributed by atoms with Gasteiger partial charge in [-0.25, -0.2) is 4.79 Å². The Morgan fingerprint density at radius 1 is 1.15 bits per heavy atom. The molecule has 2 N–H and O–H groups in total. The number of nitrogens with two attached hydrogens (primary N) is 1. The molecule has 0 saturated heterocycles. The SMILES string of the molecule is COc1cc(C(=O)O/N=C(\N)c2ccc(Cl)cc2Cl)ccc1OC(F)F. The van der Waals surface area contributed by atoms with E-state index in [-0.39, 0.29) is 27.9 Å². The first kappa shape index (κ1) is 19.7. The lowest BCUT2D eigenvalue weighted by atomic mass is 10.2. The number of benzene rings is 2. The van der Waals surface area contributed by atoms with Crippen molar-refractivity contribution in [2.45, 2.75) is 6.61 Å². The molecule has 0 saturated carbocycles. The maximum Gasteiger partial charge on any atom is 0.387 e. The fraction of sp³-hybridized carbons (Fsp3) is 0.125. The first-order chi connectivity index (χ1) is 12.3. The molecular formula is C16H12Cl2F2N2O4. The molecule has 2 aromatic rings. The van der Waals surface area contributed by atoms with Crippen LogP contribution in [0.25, 0.3) is 0 Å². The van der Waals surface area contributed by atoms with Crippen LogP contribution in [-0.4, -0.2) is 25.5 Å². The third-order valence-electron chi connectivity index (χ3n) is 3.05. The fourth-order valence-electron chi connectivity index (χ4n) is 1.88. The van der Waals surface area contributed by atoms with E-state index in [1.165, 1.54) is 31.4 Å². The molecule has 10 heteroatoms. The van der Waals surface area contributed by atoms with Crippen molar-refractivity contribution in [1.82, 2.24) is 0 Å². The summed E-state index contributed by atoms with van der Waals surface area (Å²) in [6, 6.07) is 8.03. The predicted molar refractivity (Wildman–Crippen MR) is 92.2 cm³/mol. The highest BCUT2D eigenvalue weighted by Crippen LogP contribution is 2.29. The molecule has 2 aromatic carbocycles. The lowest BCUT2D eigenvalue weighted by molar-refractivity contribution is -0.0512. The topological polar surface area (TPSA) is 83.1 Å². The van der Waals surface area contributed by atoms with Crippen LogP contribution in [0.15, 0.2) is 41.6 Å². The highest BCUT2D eigenvalue weighted by molar-refractivity contribution is 6.36. The second-order valence-electron chi connectivity index (χ2n) is 4.72. The zero-order chi connectivity index (χ0) is 19.3. The van der Waals surface area contributed by atoms with Gasteiger partial charge in [-0.05, 0) is 36.4 Å². The summed E-state index contributed by atoms with van der Waals surface area (Å²) in [4.78, 5) is 16.8. The van der Waals surface area contributed by atoms with Crippen LogP contribution in [0.2, 0.25) is 10.0 Å². The lowest BCUT2D eigenvalue weighted by Crippen LogP contribution is -2.16. The van der Waals surface area contributed by atoms with Gasteiger partial charge in [0.05, 0.1) is 17.7 Å². The molecule has 138 valence electrons. The van der Waals surface area contributed by atoms with Crippen LogP contribution in [0.3, 0.4) is 0 Å². The molecule has 2 rings (SSSR count). The van der Waals surface area contributed by atoms with E-state index in [1.807, 2.05) is 0 Å². The van der Waals surface area contributed by atoms with Crippen LogP contribution in [0, 0.1) is 0 Å². The first-order valence-electron chi connectivity index (χ1n) is 6.95. The minimum Gasteiger partial charge on any atom is -0.493 e. The highest BCUT2D eigenvalue weighted by Gasteiger charge is 2.16. The summed E-state index contributed by atoms with van der Waals surface area (Å²) in [5.41, 5.74) is 6.03. The minimum absolute atomic E-state index is 0.0118. The van der Waals surface area contributed by atoms with E-state index in [1.54, 1.807) is 6.07 Å². The van der Waals surface area contributed by atoms with E-state index in [9.17, 15) is 13.6 Å². The molecule has 26 heavy (non-hydrogen) atoms. The summed E-state index contributed by atoms with van der Waals surface area (Å²) in [6.45, 7) is -3.03. The molecule has 0 unspecified atom stereocenters. The van der Waals surface area contributed by atoms with Crippen molar-refractivity contribution in [3.8, 4) is 11.5 Å². The van der Waals surface area contributed by atoms with Gasteiger partial charge in [-0.15, -0.1) is 0 Å². The second-order valence-corrected chi connectivity index (χ2v) is 5.57. The Kier molecular flexibility index (Phi) is 6.59. The molecule has 0 radical (unpaired) electrons. The molecule has 0 amide bonds. The van der Waals surface area contributed by atoms with E-state index < -0.39 is 12.6 Å². The van der Waals surface area contributed by atoms with Gasteiger partial charge in [-0.3, -0.25) is 0 Å². The molecule has 0 aromatic heterocycles. The van der Waals surface area contributed by atoms with Gasteiger partial charge in [-0.1, -0.05) is 28.4 Å². The monoisotopic (exact) mass is 404 g/mol. The van der Waals surface area contributed by atoms with Gasteiger partial charge in [0.25, 0.3) is 0 Å².